The number of nitrogens with one attached hydrogen (secondary N) is 2. The van der Waals surface area contributed by atoms with Crippen LogP contribution in [0.1, 0.15) is 40.9 Å². The van der Waals surface area contributed by atoms with Gasteiger partial charge in [-0.25, -0.2) is 9.37 Å². The molecule has 0 atom stereocenters. The van der Waals surface area contributed by atoms with Gasteiger partial charge in [0.25, 0.3) is 5.91 Å². The van der Waals surface area contributed by atoms with Gasteiger partial charge in [-0.05, 0) is 87.8 Å². The highest BCUT2D eigenvalue weighted by atomic mass is 19.1. The van der Waals surface area contributed by atoms with Crippen molar-refractivity contribution in [1.29, 1.82) is 0 Å². The van der Waals surface area contributed by atoms with E-state index in [4.69, 9.17) is 9.47 Å². The second-order valence-corrected chi connectivity index (χ2v) is 12.1. The van der Waals surface area contributed by atoms with E-state index in [1.165, 1.54) is 25.4 Å². The lowest BCUT2D eigenvalue weighted by molar-refractivity contribution is -0.125. The van der Waals surface area contributed by atoms with E-state index < -0.39 is 5.91 Å². The number of aromatic nitrogens is 2. The Bertz CT molecular complexity index is 1850. The zero-order chi connectivity index (χ0) is 35.8. The molecule has 0 unspecified atom stereocenters. The number of carbonyl (C=O) groups excluding carboxylic acids is 2. The van der Waals surface area contributed by atoms with Gasteiger partial charge in [-0.3, -0.25) is 9.59 Å². The second-order valence-electron chi connectivity index (χ2n) is 12.1. The van der Waals surface area contributed by atoms with E-state index in [-0.39, 0.29) is 34.9 Å². The van der Waals surface area contributed by atoms with Crippen LogP contribution in [0.4, 0.5) is 27.4 Å². The summed E-state index contributed by atoms with van der Waals surface area (Å²) >= 11 is 0. The number of anilines is 4. The van der Waals surface area contributed by atoms with Gasteiger partial charge in [-0.1, -0.05) is 24.3 Å². The molecule has 12 heteroatoms. The molecule has 1 aliphatic rings. The van der Waals surface area contributed by atoms with Crippen LogP contribution in [0.5, 0.6) is 17.4 Å². The first-order valence-corrected chi connectivity index (χ1v) is 16.7. The lowest BCUT2D eigenvalue weighted by atomic mass is 10.1. The van der Waals surface area contributed by atoms with Crippen molar-refractivity contribution in [2.24, 2.45) is 0 Å². The molecule has 3 aromatic carbocycles. The number of hydrogen-bond donors (Lipinski definition) is 2. The van der Waals surface area contributed by atoms with Gasteiger partial charge in [0, 0.05) is 62.9 Å². The smallest absolute Gasteiger partial charge is 0.262 e. The van der Waals surface area contributed by atoms with Gasteiger partial charge in [0.2, 0.25) is 17.7 Å². The Morgan fingerprint density at radius 1 is 0.980 bits per heavy atom. The molecule has 1 aromatic heterocycles. The first-order valence-electron chi connectivity index (χ1n) is 16.7. The van der Waals surface area contributed by atoms with Crippen LogP contribution in [0.2, 0.25) is 0 Å². The predicted octanol–water partition coefficient (Wildman–Crippen LogP) is 6.66. The van der Waals surface area contributed by atoms with Crippen molar-refractivity contribution < 1.29 is 23.5 Å². The summed E-state index contributed by atoms with van der Waals surface area (Å²) in [4.78, 5) is 41.2. The number of piperazine rings is 1. The van der Waals surface area contributed by atoms with Crippen molar-refractivity contribution in [3.8, 4) is 17.4 Å². The van der Waals surface area contributed by atoms with E-state index in [0.29, 0.717) is 41.5 Å². The Morgan fingerprint density at radius 3 is 2.36 bits per heavy atom. The maximum Gasteiger partial charge on any atom is 0.262 e. The lowest BCUT2D eigenvalue weighted by Crippen LogP contribution is -2.44. The normalized spacial score (nSPS) is 13.3. The number of rotatable bonds is 12. The zero-order valence-electron chi connectivity index (χ0n) is 29.4. The molecule has 1 fully saturated rings. The van der Waals surface area contributed by atoms with Crippen LogP contribution in [0.3, 0.4) is 0 Å². The number of ether oxygens (including phenoxy) is 2. The summed E-state index contributed by atoms with van der Waals surface area (Å²) in [6.45, 7) is 12.1. The standard InChI is InChI=1S/C38H44FN7O4/c1-7-45(8-2)34(47)17-13-27-12-16-32(49-6)33(22-27)50-37-29(36(48)42-35-25(3)10-9-11-26(35)4)24-40-38(43-37)41-28-14-15-31(30(39)23-28)46-20-18-44(5)19-21-46/h9-17,22-24H,7-8,18-21H2,1-6H3,(H,42,48)(H,40,41,43)/b17-13+. The first-order chi connectivity index (χ1) is 24.1. The van der Waals surface area contributed by atoms with Crippen molar-refractivity contribution >= 4 is 40.9 Å². The van der Waals surface area contributed by atoms with Gasteiger partial charge in [-0.2, -0.15) is 4.98 Å². The Labute approximate surface area is 292 Å². The van der Waals surface area contributed by atoms with E-state index in [9.17, 15) is 9.59 Å². The van der Waals surface area contributed by atoms with E-state index in [2.05, 4.69) is 32.5 Å². The third-order valence-electron chi connectivity index (χ3n) is 8.65. The van der Waals surface area contributed by atoms with Crippen molar-refractivity contribution in [3.63, 3.8) is 0 Å². The van der Waals surface area contributed by atoms with Crippen LogP contribution in [0.25, 0.3) is 6.08 Å². The summed E-state index contributed by atoms with van der Waals surface area (Å²) in [6, 6.07) is 15.8. The average molecular weight is 682 g/mol. The first kappa shape index (κ1) is 35.8. The molecule has 2 N–H and O–H groups in total. The highest BCUT2D eigenvalue weighted by Gasteiger charge is 2.22. The number of aryl methyl sites for hydroxylation is 2. The molecular formula is C38H44FN7O4. The van der Waals surface area contributed by atoms with E-state index >= 15 is 4.39 Å². The minimum Gasteiger partial charge on any atom is -0.493 e. The number of amides is 2. The molecule has 11 nitrogen and oxygen atoms in total. The summed E-state index contributed by atoms with van der Waals surface area (Å²) in [5.41, 5.74) is 4.16. The summed E-state index contributed by atoms with van der Waals surface area (Å²) in [7, 11) is 3.56. The lowest BCUT2D eigenvalue weighted by Gasteiger charge is -2.34. The number of likely N-dealkylation sites (N-methyl/N-ethyl adjacent to an activating group) is 2. The molecule has 0 aliphatic carbocycles. The summed E-state index contributed by atoms with van der Waals surface area (Å²) < 4.78 is 27.2. The molecule has 4 aromatic rings. The Kier molecular flexibility index (Phi) is 11.7. The third kappa shape index (κ3) is 8.56. The third-order valence-corrected chi connectivity index (χ3v) is 8.65. The van der Waals surface area contributed by atoms with Gasteiger partial charge in [0.05, 0.1) is 12.8 Å². The van der Waals surface area contributed by atoms with Gasteiger partial charge >= 0.3 is 0 Å². The number of nitrogens with zero attached hydrogens (tertiary/aromatic N) is 5. The molecule has 1 aliphatic heterocycles. The second kappa shape index (κ2) is 16.3. The summed E-state index contributed by atoms with van der Waals surface area (Å²) in [5, 5.41) is 6.02. The van der Waals surface area contributed by atoms with E-state index in [0.717, 1.165) is 37.3 Å². The fourth-order valence-corrected chi connectivity index (χ4v) is 5.66. The largest absolute Gasteiger partial charge is 0.493 e. The molecule has 5 rings (SSSR count). The highest BCUT2D eigenvalue weighted by Crippen LogP contribution is 2.35. The van der Waals surface area contributed by atoms with Gasteiger partial charge < -0.3 is 34.8 Å². The molecule has 2 amide bonds. The SMILES string of the molecule is CCN(CC)C(=O)/C=C/c1ccc(OC)c(Oc2nc(Nc3ccc(N4CCN(C)CC4)c(F)c3)ncc2C(=O)Nc2c(C)cccc2C)c1. The quantitative estimate of drug-likeness (QED) is 0.159. The van der Waals surface area contributed by atoms with Crippen molar-refractivity contribution in [2.45, 2.75) is 27.7 Å². The molecule has 0 bridgehead atoms. The fourth-order valence-electron chi connectivity index (χ4n) is 5.66. The zero-order valence-corrected chi connectivity index (χ0v) is 29.4. The monoisotopic (exact) mass is 681 g/mol. The maximum atomic E-state index is 15.3. The molecule has 0 radical (unpaired) electrons. The number of methoxy groups -OCH3 is 1. The molecule has 2 heterocycles. The fraction of sp³-hybridized carbons (Fsp3) is 0.316. The van der Waals surface area contributed by atoms with Crippen LogP contribution >= 0.6 is 0 Å². The van der Waals surface area contributed by atoms with E-state index in [1.807, 2.05) is 50.8 Å². The average Bonchev–Trinajstić information content (AvgIpc) is 3.10. The summed E-state index contributed by atoms with van der Waals surface area (Å²) in [6.07, 6.45) is 4.55. The van der Waals surface area contributed by atoms with Crippen LogP contribution in [0.15, 0.2) is 66.9 Å². The topological polar surface area (TPSA) is 112 Å². The number of carbonyl (C=O) groups is 2. The molecule has 262 valence electrons. The van der Waals surface area contributed by atoms with Crippen LogP contribution < -0.4 is 25.0 Å². The van der Waals surface area contributed by atoms with Gasteiger partial charge in [0.15, 0.2) is 11.5 Å². The number of benzene rings is 3. The Hall–Kier alpha value is -5.49. The van der Waals surface area contributed by atoms with Gasteiger partial charge in [-0.15, -0.1) is 0 Å². The van der Waals surface area contributed by atoms with Crippen LogP contribution in [-0.2, 0) is 4.79 Å². The molecule has 0 saturated carbocycles. The van der Waals surface area contributed by atoms with Crippen molar-refractivity contribution in [1.82, 2.24) is 19.8 Å². The predicted molar refractivity (Wildman–Crippen MR) is 195 cm³/mol. The van der Waals surface area contributed by atoms with Crippen LogP contribution in [-0.4, -0.2) is 85.0 Å². The minimum atomic E-state index is -0.480. The summed E-state index contributed by atoms with van der Waals surface area (Å²) in [5.74, 6) is -0.278. The number of para-hydroxylation sites is 1. The minimum absolute atomic E-state index is 0.0561. The van der Waals surface area contributed by atoms with Gasteiger partial charge in [0.1, 0.15) is 11.4 Å². The number of hydrogen-bond acceptors (Lipinski definition) is 9. The molecule has 50 heavy (non-hydrogen) atoms. The van der Waals surface area contributed by atoms with Crippen LogP contribution in [0, 0.1) is 19.7 Å². The Morgan fingerprint density at radius 2 is 1.70 bits per heavy atom. The van der Waals surface area contributed by atoms with Crippen molar-refractivity contribution in [3.05, 3.63) is 94.9 Å². The highest BCUT2D eigenvalue weighted by molar-refractivity contribution is 6.06. The molecule has 0 spiro atoms. The van der Waals surface area contributed by atoms with Crippen molar-refractivity contribution in [2.75, 3.05) is 69.0 Å². The Balaban J connectivity index is 1.47. The maximum absolute atomic E-state index is 15.3. The molecular weight excluding hydrogens is 637 g/mol. The van der Waals surface area contributed by atoms with E-state index in [1.54, 1.807) is 41.3 Å². The number of halogens is 1. The molecule has 1 saturated heterocycles.